The van der Waals surface area contributed by atoms with E-state index in [-0.39, 0.29) is 17.9 Å². The molecule has 1 aliphatic heterocycles. The smallest absolute Gasteiger partial charge is 0.249 e. The summed E-state index contributed by atoms with van der Waals surface area (Å²) < 4.78 is 1.96. The number of carbonyl (C=O) groups is 2. The molecule has 18 heavy (non-hydrogen) atoms. The lowest BCUT2D eigenvalue weighted by Crippen LogP contribution is -2.41. The minimum absolute atomic E-state index is 0.175. The summed E-state index contributed by atoms with van der Waals surface area (Å²) in [6.07, 6.45) is 7.98. The molecule has 4 nitrogen and oxygen atoms in total. The Morgan fingerprint density at radius 2 is 2.28 bits per heavy atom. The number of allylic oxidation sites excluding steroid dienone is 1. The van der Waals surface area contributed by atoms with E-state index >= 15 is 0 Å². The summed E-state index contributed by atoms with van der Waals surface area (Å²) in [6.45, 7) is 4.10. The first kappa shape index (κ1) is 12.6. The van der Waals surface area contributed by atoms with E-state index in [2.05, 4.69) is 18.3 Å². The summed E-state index contributed by atoms with van der Waals surface area (Å²) in [5.41, 5.74) is 2.19. The molecule has 1 unspecified atom stereocenters. The Bertz CT molecular complexity index is 500. The van der Waals surface area contributed by atoms with E-state index < -0.39 is 0 Å². The highest BCUT2D eigenvalue weighted by molar-refractivity contribution is 5.99. The number of nitrogens with zero attached hydrogens (tertiary/aromatic N) is 1. The zero-order valence-electron chi connectivity index (χ0n) is 10.8. The second-order valence-electron chi connectivity index (χ2n) is 4.57. The highest BCUT2D eigenvalue weighted by atomic mass is 16.2. The molecule has 0 radical (unpaired) electrons. The number of hydrogen-bond acceptors (Lipinski definition) is 2. The van der Waals surface area contributed by atoms with Crippen LogP contribution in [-0.4, -0.2) is 16.4 Å². The molecule has 4 heteroatoms. The molecule has 2 rings (SSSR count). The van der Waals surface area contributed by atoms with Crippen molar-refractivity contribution in [1.82, 2.24) is 9.88 Å². The van der Waals surface area contributed by atoms with Gasteiger partial charge in [0.25, 0.3) is 0 Å². The third-order valence-electron chi connectivity index (χ3n) is 3.22. The summed E-state index contributed by atoms with van der Waals surface area (Å²) in [4.78, 5) is 23.0. The van der Waals surface area contributed by atoms with Gasteiger partial charge in [0.2, 0.25) is 11.8 Å². The maximum Gasteiger partial charge on any atom is 0.249 e. The molecule has 1 atom stereocenters. The van der Waals surface area contributed by atoms with Crippen molar-refractivity contribution in [2.24, 2.45) is 0 Å². The van der Waals surface area contributed by atoms with Crippen molar-refractivity contribution in [2.45, 2.75) is 39.2 Å². The van der Waals surface area contributed by atoms with Crippen LogP contribution in [0.1, 0.15) is 43.5 Å². The molecule has 0 spiro atoms. The van der Waals surface area contributed by atoms with Gasteiger partial charge in [-0.25, -0.2) is 0 Å². The van der Waals surface area contributed by atoms with Crippen molar-refractivity contribution >= 4 is 17.9 Å². The number of amides is 2. The number of carbonyl (C=O) groups excluding carboxylic acids is 2. The molecule has 0 saturated carbocycles. The van der Waals surface area contributed by atoms with Crippen molar-refractivity contribution < 1.29 is 9.59 Å². The van der Waals surface area contributed by atoms with Crippen molar-refractivity contribution in [1.29, 1.82) is 0 Å². The van der Waals surface area contributed by atoms with Gasteiger partial charge in [-0.2, -0.15) is 0 Å². The summed E-state index contributed by atoms with van der Waals surface area (Å²) in [5.74, 6) is -0.376. The van der Waals surface area contributed by atoms with Gasteiger partial charge in [-0.1, -0.05) is 13.0 Å². The number of rotatable bonds is 3. The molecule has 1 fully saturated rings. The van der Waals surface area contributed by atoms with Gasteiger partial charge in [-0.3, -0.25) is 14.9 Å². The highest BCUT2D eigenvalue weighted by Crippen LogP contribution is 2.24. The number of aryl methyl sites for hydroxylation is 1. The molecule has 1 aliphatic rings. The molecule has 1 aromatic rings. The number of aromatic nitrogens is 1. The first-order valence-electron chi connectivity index (χ1n) is 6.31. The van der Waals surface area contributed by atoms with Crippen LogP contribution in [0.5, 0.6) is 0 Å². The zero-order valence-corrected chi connectivity index (χ0v) is 10.8. The predicted octanol–water partition coefficient (Wildman–Crippen LogP) is 2.20. The lowest BCUT2D eigenvalue weighted by Gasteiger charge is -2.23. The molecule has 2 heterocycles. The van der Waals surface area contributed by atoms with Gasteiger partial charge >= 0.3 is 0 Å². The van der Waals surface area contributed by atoms with E-state index in [0.29, 0.717) is 12.8 Å². The fraction of sp³-hybridized carbons (Fsp3) is 0.429. The van der Waals surface area contributed by atoms with Crippen LogP contribution in [0.2, 0.25) is 0 Å². The van der Waals surface area contributed by atoms with Crippen molar-refractivity contribution in [3.05, 3.63) is 29.6 Å². The number of hydrogen-bond donors (Lipinski definition) is 1. The van der Waals surface area contributed by atoms with Gasteiger partial charge in [0.15, 0.2) is 0 Å². The van der Waals surface area contributed by atoms with Gasteiger partial charge in [-0.15, -0.1) is 0 Å². The highest BCUT2D eigenvalue weighted by Gasteiger charge is 2.28. The van der Waals surface area contributed by atoms with Gasteiger partial charge in [0.05, 0.1) is 0 Å². The number of imide groups is 1. The van der Waals surface area contributed by atoms with Crippen LogP contribution < -0.4 is 5.32 Å². The molecule has 1 aromatic heterocycles. The molecule has 96 valence electrons. The average Bonchev–Trinajstić information content (AvgIpc) is 2.68. The van der Waals surface area contributed by atoms with E-state index in [9.17, 15) is 9.59 Å². The molecule has 0 aliphatic carbocycles. The van der Waals surface area contributed by atoms with Crippen LogP contribution in [0.4, 0.5) is 0 Å². The maximum absolute atomic E-state index is 11.9. The Hall–Kier alpha value is -1.84. The van der Waals surface area contributed by atoms with Gasteiger partial charge < -0.3 is 4.57 Å². The molecule has 0 aromatic carbocycles. The first-order chi connectivity index (χ1) is 8.63. The van der Waals surface area contributed by atoms with Crippen LogP contribution in [-0.2, 0) is 9.59 Å². The Kier molecular flexibility index (Phi) is 3.65. The number of piperidine rings is 1. The lowest BCUT2D eigenvalue weighted by molar-refractivity contribution is -0.135. The second kappa shape index (κ2) is 5.21. The summed E-state index contributed by atoms with van der Waals surface area (Å²) >= 11 is 0. The lowest BCUT2D eigenvalue weighted by atomic mass is 10.1. The topological polar surface area (TPSA) is 51.1 Å². The average molecular weight is 246 g/mol. The minimum atomic E-state index is -0.270. The van der Waals surface area contributed by atoms with E-state index in [4.69, 9.17) is 0 Å². The zero-order chi connectivity index (χ0) is 13.1. The number of nitrogens with one attached hydrogen (secondary N) is 1. The standard InChI is InChI=1S/C14H18N2O2/c1-3-4-5-11-10(2)8-9-16(11)12-6-7-13(17)15-14(12)18/h4-5,8-9,12H,3,6-7H2,1-2H3,(H,15,17,18)/b5-4-. The fourth-order valence-corrected chi connectivity index (χ4v) is 2.23. The molecular formula is C14H18N2O2. The second-order valence-corrected chi connectivity index (χ2v) is 4.57. The van der Waals surface area contributed by atoms with Crippen molar-refractivity contribution in [2.75, 3.05) is 0 Å². The normalized spacial score (nSPS) is 20.4. The SMILES string of the molecule is CC/C=C\c1c(C)ccn1C1CCC(=O)NC1=O. The van der Waals surface area contributed by atoms with E-state index in [1.54, 1.807) is 0 Å². The third-order valence-corrected chi connectivity index (χ3v) is 3.22. The Balaban J connectivity index is 2.30. The van der Waals surface area contributed by atoms with Gasteiger partial charge in [0, 0.05) is 18.3 Å². The van der Waals surface area contributed by atoms with Crippen molar-refractivity contribution in [3.8, 4) is 0 Å². The van der Waals surface area contributed by atoms with Crippen molar-refractivity contribution in [3.63, 3.8) is 0 Å². The van der Waals surface area contributed by atoms with E-state index in [0.717, 1.165) is 17.7 Å². The summed E-state index contributed by atoms with van der Waals surface area (Å²) in [5, 5.41) is 2.40. The first-order valence-corrected chi connectivity index (χ1v) is 6.31. The summed E-state index contributed by atoms with van der Waals surface area (Å²) in [7, 11) is 0. The van der Waals surface area contributed by atoms with Gasteiger partial charge in [0.1, 0.15) is 6.04 Å². The Morgan fingerprint density at radius 3 is 2.94 bits per heavy atom. The van der Waals surface area contributed by atoms with Gasteiger partial charge in [-0.05, 0) is 37.5 Å². The van der Waals surface area contributed by atoms with Crippen LogP contribution in [0.15, 0.2) is 18.3 Å². The fourth-order valence-electron chi connectivity index (χ4n) is 2.23. The van der Waals surface area contributed by atoms with E-state index in [1.165, 1.54) is 0 Å². The monoisotopic (exact) mass is 246 g/mol. The van der Waals surface area contributed by atoms with Crippen LogP contribution in [0.3, 0.4) is 0 Å². The Labute approximate surface area is 107 Å². The van der Waals surface area contributed by atoms with Crippen LogP contribution in [0.25, 0.3) is 6.08 Å². The molecule has 0 bridgehead atoms. The maximum atomic E-state index is 11.9. The molecule has 1 N–H and O–H groups in total. The predicted molar refractivity (Wildman–Crippen MR) is 69.9 cm³/mol. The molecule has 2 amide bonds. The van der Waals surface area contributed by atoms with Crippen LogP contribution in [0, 0.1) is 6.92 Å². The quantitative estimate of drug-likeness (QED) is 0.831. The van der Waals surface area contributed by atoms with Crippen LogP contribution >= 0.6 is 0 Å². The van der Waals surface area contributed by atoms with E-state index in [1.807, 2.05) is 29.8 Å². The molecular weight excluding hydrogens is 228 g/mol. The third kappa shape index (κ3) is 2.37. The molecule has 1 saturated heterocycles. The summed E-state index contributed by atoms with van der Waals surface area (Å²) in [6, 6.07) is 1.73. The largest absolute Gasteiger partial charge is 0.335 e. The Morgan fingerprint density at radius 1 is 1.50 bits per heavy atom. The minimum Gasteiger partial charge on any atom is -0.335 e.